The molecule has 2 aromatic carbocycles. The van der Waals surface area contributed by atoms with Gasteiger partial charge in [0.15, 0.2) is 6.61 Å². The van der Waals surface area contributed by atoms with Crippen LogP contribution in [0, 0.1) is 10.1 Å². The van der Waals surface area contributed by atoms with E-state index in [2.05, 4.69) is 5.32 Å². The molecule has 0 unspecified atom stereocenters. The van der Waals surface area contributed by atoms with Crippen molar-refractivity contribution in [2.24, 2.45) is 0 Å². The smallest absolute Gasteiger partial charge is 0.311 e. The number of nitro groups is 1. The minimum Gasteiger partial charge on any atom is -0.490 e. The monoisotopic (exact) mass is 443 g/mol. The van der Waals surface area contributed by atoms with Crippen LogP contribution in [-0.4, -0.2) is 47.9 Å². The van der Waals surface area contributed by atoms with Gasteiger partial charge in [-0.15, -0.1) is 0 Å². The predicted molar refractivity (Wildman–Crippen MR) is 120 cm³/mol. The molecule has 9 nitrogen and oxygen atoms in total. The molecule has 0 aromatic heterocycles. The normalized spacial score (nSPS) is 11.3. The zero-order valence-corrected chi connectivity index (χ0v) is 18.6. The Balaban J connectivity index is 2.20. The van der Waals surface area contributed by atoms with Crippen LogP contribution in [0.4, 0.5) is 5.69 Å². The van der Waals surface area contributed by atoms with Gasteiger partial charge in [-0.05, 0) is 24.5 Å². The number of ether oxygens (including phenoxy) is 2. The molecule has 0 heterocycles. The molecular formula is C23H29N3O6. The first-order valence-corrected chi connectivity index (χ1v) is 10.5. The van der Waals surface area contributed by atoms with E-state index in [9.17, 15) is 19.7 Å². The van der Waals surface area contributed by atoms with Crippen LogP contribution < -0.4 is 14.8 Å². The topological polar surface area (TPSA) is 111 Å². The second-order valence-electron chi connectivity index (χ2n) is 7.10. The number of amides is 2. The maximum atomic E-state index is 13.1. The maximum Gasteiger partial charge on any atom is 0.311 e. The molecule has 0 saturated heterocycles. The summed E-state index contributed by atoms with van der Waals surface area (Å²) in [4.78, 5) is 37.8. The van der Waals surface area contributed by atoms with Gasteiger partial charge in [-0.3, -0.25) is 19.7 Å². The molecule has 172 valence electrons. The van der Waals surface area contributed by atoms with E-state index < -0.39 is 11.0 Å². The van der Waals surface area contributed by atoms with Crippen molar-refractivity contribution in [1.82, 2.24) is 10.2 Å². The summed E-state index contributed by atoms with van der Waals surface area (Å²) in [5, 5.41) is 13.9. The summed E-state index contributed by atoms with van der Waals surface area (Å²) in [6.45, 7) is 4.27. The lowest BCUT2D eigenvalue weighted by molar-refractivity contribution is -0.385. The van der Waals surface area contributed by atoms with Gasteiger partial charge in [0.1, 0.15) is 11.8 Å². The molecule has 2 amide bonds. The van der Waals surface area contributed by atoms with Crippen molar-refractivity contribution in [2.75, 3.05) is 20.3 Å². The highest BCUT2D eigenvalue weighted by atomic mass is 16.6. The number of benzene rings is 2. The molecular weight excluding hydrogens is 414 g/mol. The second kappa shape index (κ2) is 12.3. The van der Waals surface area contributed by atoms with Gasteiger partial charge in [-0.25, -0.2) is 0 Å². The molecule has 0 fully saturated rings. The summed E-state index contributed by atoms with van der Waals surface area (Å²) in [6.07, 6.45) is 1.24. The zero-order chi connectivity index (χ0) is 23.5. The summed E-state index contributed by atoms with van der Waals surface area (Å²) >= 11 is 0. The van der Waals surface area contributed by atoms with Gasteiger partial charge in [0, 0.05) is 25.2 Å². The number of carbonyl (C=O) groups excluding carboxylic acids is 2. The SMILES string of the molecule is CCCNC(=O)[C@@H](CC)N(Cc1ccccc1)C(=O)COc1ccc([N+](=O)[O-])c(OC)c1. The van der Waals surface area contributed by atoms with Crippen LogP contribution >= 0.6 is 0 Å². The Labute approximate surface area is 187 Å². The van der Waals surface area contributed by atoms with E-state index in [0.717, 1.165) is 12.0 Å². The molecule has 0 spiro atoms. The number of hydrogen-bond donors (Lipinski definition) is 1. The number of nitrogens with zero attached hydrogens (tertiary/aromatic N) is 2. The van der Waals surface area contributed by atoms with Crippen LogP contribution in [0.15, 0.2) is 48.5 Å². The van der Waals surface area contributed by atoms with Crippen LogP contribution in [0.5, 0.6) is 11.5 Å². The van der Waals surface area contributed by atoms with E-state index in [1.54, 1.807) is 0 Å². The molecule has 0 aliphatic carbocycles. The van der Waals surface area contributed by atoms with E-state index in [1.807, 2.05) is 44.2 Å². The molecule has 32 heavy (non-hydrogen) atoms. The van der Waals surface area contributed by atoms with E-state index in [0.29, 0.717) is 13.0 Å². The van der Waals surface area contributed by atoms with Gasteiger partial charge in [-0.2, -0.15) is 0 Å². The standard InChI is InChI=1S/C23H29N3O6/c1-4-13-24-23(28)19(5-2)25(15-17-9-7-6-8-10-17)22(27)16-32-18-11-12-20(26(29)30)21(14-18)31-3/h6-12,14,19H,4-5,13,15-16H2,1-3H3,(H,24,28)/t19-/m1/s1. The van der Waals surface area contributed by atoms with Gasteiger partial charge in [0.25, 0.3) is 5.91 Å². The second-order valence-corrected chi connectivity index (χ2v) is 7.10. The largest absolute Gasteiger partial charge is 0.490 e. The molecule has 0 saturated carbocycles. The van der Waals surface area contributed by atoms with Crippen LogP contribution in [-0.2, 0) is 16.1 Å². The summed E-state index contributed by atoms with van der Waals surface area (Å²) < 4.78 is 10.6. The van der Waals surface area contributed by atoms with Crippen LogP contribution in [0.1, 0.15) is 32.3 Å². The number of rotatable bonds is 12. The van der Waals surface area contributed by atoms with Crippen molar-refractivity contribution in [3.8, 4) is 11.5 Å². The molecule has 0 bridgehead atoms. The Kier molecular flexibility index (Phi) is 9.46. The third kappa shape index (κ3) is 6.69. The van der Waals surface area contributed by atoms with Gasteiger partial charge in [0.2, 0.25) is 11.7 Å². The van der Waals surface area contributed by atoms with Crippen molar-refractivity contribution in [2.45, 2.75) is 39.3 Å². The van der Waals surface area contributed by atoms with E-state index in [1.165, 1.54) is 30.2 Å². The predicted octanol–water partition coefficient (Wildman–Crippen LogP) is 3.32. The molecule has 1 N–H and O–H groups in total. The lowest BCUT2D eigenvalue weighted by Gasteiger charge is -2.30. The van der Waals surface area contributed by atoms with Crippen LogP contribution in [0.2, 0.25) is 0 Å². The number of carbonyl (C=O) groups is 2. The first kappa shape index (κ1) is 24.6. The fraction of sp³-hybridized carbons (Fsp3) is 0.391. The number of methoxy groups -OCH3 is 1. The fourth-order valence-corrected chi connectivity index (χ4v) is 3.19. The number of hydrogen-bond acceptors (Lipinski definition) is 6. The summed E-state index contributed by atoms with van der Waals surface area (Å²) in [6, 6.07) is 12.8. The Bertz CT molecular complexity index is 919. The van der Waals surface area contributed by atoms with E-state index in [4.69, 9.17) is 9.47 Å². The molecule has 0 aliphatic heterocycles. The summed E-state index contributed by atoms with van der Waals surface area (Å²) in [5.74, 6) is -0.296. The highest BCUT2D eigenvalue weighted by Gasteiger charge is 2.29. The van der Waals surface area contributed by atoms with Gasteiger partial charge in [-0.1, -0.05) is 44.2 Å². The van der Waals surface area contributed by atoms with Gasteiger partial charge < -0.3 is 19.7 Å². The Morgan fingerprint density at radius 3 is 2.47 bits per heavy atom. The molecule has 2 aromatic rings. The lowest BCUT2D eigenvalue weighted by atomic mass is 10.1. The Hall–Kier alpha value is -3.62. The molecule has 0 radical (unpaired) electrons. The molecule has 1 atom stereocenters. The van der Waals surface area contributed by atoms with Crippen molar-refractivity contribution >= 4 is 17.5 Å². The molecule has 0 aliphatic rings. The minimum atomic E-state index is -0.649. The summed E-state index contributed by atoms with van der Waals surface area (Å²) in [7, 11) is 1.32. The summed E-state index contributed by atoms with van der Waals surface area (Å²) in [5.41, 5.74) is 0.690. The maximum absolute atomic E-state index is 13.1. The minimum absolute atomic E-state index is 0.0338. The highest BCUT2D eigenvalue weighted by molar-refractivity contribution is 5.88. The number of nitrogens with one attached hydrogen (secondary N) is 1. The van der Waals surface area contributed by atoms with E-state index in [-0.39, 0.29) is 42.2 Å². The number of nitro benzene ring substituents is 1. The average Bonchev–Trinajstić information content (AvgIpc) is 2.81. The lowest BCUT2D eigenvalue weighted by Crippen LogP contribution is -2.50. The van der Waals surface area contributed by atoms with Crippen molar-refractivity contribution < 1.29 is 24.0 Å². The van der Waals surface area contributed by atoms with Crippen LogP contribution in [0.3, 0.4) is 0 Å². The quantitative estimate of drug-likeness (QED) is 0.398. The zero-order valence-electron chi connectivity index (χ0n) is 18.6. The first-order chi connectivity index (χ1) is 15.4. The molecule has 9 heteroatoms. The van der Waals surface area contributed by atoms with Crippen molar-refractivity contribution in [3.63, 3.8) is 0 Å². The van der Waals surface area contributed by atoms with Crippen molar-refractivity contribution in [3.05, 3.63) is 64.2 Å². The van der Waals surface area contributed by atoms with Gasteiger partial charge in [0.05, 0.1) is 12.0 Å². The average molecular weight is 444 g/mol. The third-order valence-electron chi connectivity index (χ3n) is 4.84. The van der Waals surface area contributed by atoms with E-state index >= 15 is 0 Å². The fourth-order valence-electron chi connectivity index (χ4n) is 3.19. The highest BCUT2D eigenvalue weighted by Crippen LogP contribution is 2.30. The van der Waals surface area contributed by atoms with Gasteiger partial charge >= 0.3 is 5.69 Å². The Morgan fingerprint density at radius 1 is 1.16 bits per heavy atom. The third-order valence-corrected chi connectivity index (χ3v) is 4.84. The van der Waals surface area contributed by atoms with Crippen molar-refractivity contribution in [1.29, 1.82) is 0 Å². The Morgan fingerprint density at radius 2 is 1.88 bits per heavy atom. The van der Waals surface area contributed by atoms with Crippen LogP contribution in [0.25, 0.3) is 0 Å². The molecule has 2 rings (SSSR count). The first-order valence-electron chi connectivity index (χ1n) is 10.5.